The van der Waals surface area contributed by atoms with E-state index < -0.39 is 33.1 Å². The lowest BCUT2D eigenvalue weighted by Gasteiger charge is -2.56. The molecule has 0 bridgehead atoms. The van der Waals surface area contributed by atoms with Gasteiger partial charge < -0.3 is 5.73 Å². The normalized spacial score (nSPS) is 19.4. The SMILES string of the molecule is Cc1cc(S(F)(F)(F)(F)C(C)(F)C(F)F)cc(C)c1N. The van der Waals surface area contributed by atoms with Crippen molar-refractivity contribution < 1.29 is 28.7 Å². The molecule has 0 aromatic heterocycles. The van der Waals surface area contributed by atoms with Crippen LogP contribution in [0.5, 0.6) is 0 Å². The molecule has 9 heteroatoms. The molecule has 0 amide bonds. The second kappa shape index (κ2) is 3.75. The monoisotopic (exact) mass is 325 g/mol. The molecule has 0 spiro atoms. The molecule has 0 fully saturated rings. The fourth-order valence-corrected chi connectivity index (χ4v) is 3.23. The molecule has 0 heterocycles. The Morgan fingerprint density at radius 1 is 1.05 bits per heavy atom. The van der Waals surface area contributed by atoms with Gasteiger partial charge in [-0.15, -0.1) is 15.5 Å². The molecule has 118 valence electrons. The molecule has 1 unspecified atom stereocenters. The van der Waals surface area contributed by atoms with Crippen molar-refractivity contribution in [3.05, 3.63) is 23.3 Å². The van der Waals surface area contributed by atoms with Gasteiger partial charge in [0.2, 0.25) is 9.84 Å². The summed E-state index contributed by atoms with van der Waals surface area (Å²) in [5, 5.41) is -5.27. The summed E-state index contributed by atoms with van der Waals surface area (Å²) < 4.78 is 94.2. The van der Waals surface area contributed by atoms with Crippen LogP contribution in [0, 0.1) is 13.8 Å². The maximum Gasteiger partial charge on any atom is 0.287 e. The van der Waals surface area contributed by atoms with E-state index in [0.29, 0.717) is 0 Å². The highest BCUT2D eigenvalue weighted by molar-refractivity contribution is 8.50. The average Bonchev–Trinajstić information content (AvgIpc) is 2.23. The Labute approximate surface area is 111 Å². The number of hydrogen-bond donors (Lipinski definition) is 1. The summed E-state index contributed by atoms with van der Waals surface area (Å²) in [6, 6.07) is 0.508. The van der Waals surface area contributed by atoms with E-state index in [1.54, 1.807) is 0 Å². The van der Waals surface area contributed by atoms with Crippen LogP contribution in [-0.4, -0.2) is 11.4 Å². The van der Waals surface area contributed by atoms with Crippen molar-refractivity contribution in [1.29, 1.82) is 0 Å². The number of benzene rings is 1. The fraction of sp³-hybridized carbons (Fsp3) is 0.455. The van der Waals surface area contributed by atoms with E-state index in [4.69, 9.17) is 5.73 Å². The lowest BCUT2D eigenvalue weighted by atomic mass is 10.1. The average molecular weight is 325 g/mol. The van der Waals surface area contributed by atoms with Crippen molar-refractivity contribution in [2.75, 3.05) is 5.73 Å². The smallest absolute Gasteiger partial charge is 0.287 e. The first-order valence-electron chi connectivity index (χ1n) is 5.38. The van der Waals surface area contributed by atoms with Crippen molar-refractivity contribution in [3.8, 4) is 0 Å². The molecular formula is C11H14F7NS. The molecular weight excluding hydrogens is 311 g/mol. The highest BCUT2D eigenvalue weighted by Crippen LogP contribution is 3.06. The minimum Gasteiger partial charge on any atom is -0.398 e. The van der Waals surface area contributed by atoms with Crippen LogP contribution in [0.3, 0.4) is 0 Å². The second-order valence-corrected chi connectivity index (χ2v) is 8.23. The van der Waals surface area contributed by atoms with Gasteiger partial charge in [-0.3, -0.25) is 0 Å². The number of alkyl halides is 3. The molecule has 0 radical (unpaired) electrons. The number of halogens is 7. The summed E-state index contributed by atoms with van der Waals surface area (Å²) >= 11 is 0. The number of hydrogen-bond acceptors (Lipinski definition) is 1. The first kappa shape index (κ1) is 16.9. The Balaban J connectivity index is 3.80. The number of aryl methyl sites for hydroxylation is 2. The van der Waals surface area contributed by atoms with Crippen LogP contribution >= 0.6 is 9.84 Å². The third kappa shape index (κ3) is 2.02. The molecule has 0 aliphatic carbocycles. The van der Waals surface area contributed by atoms with E-state index in [1.165, 1.54) is 0 Å². The first-order chi connectivity index (χ1) is 8.55. The summed E-state index contributed by atoms with van der Waals surface area (Å²) in [7, 11) is -9.87. The summed E-state index contributed by atoms with van der Waals surface area (Å²) in [4.78, 5) is -2.04. The number of nitrogen functional groups attached to an aromatic ring is 1. The fourth-order valence-electron chi connectivity index (χ4n) is 1.58. The molecule has 0 aliphatic rings. The van der Waals surface area contributed by atoms with E-state index in [1.807, 2.05) is 0 Å². The number of anilines is 1. The van der Waals surface area contributed by atoms with Gasteiger partial charge in [0.05, 0.1) is 4.90 Å². The standard InChI is InChI=1S/C11H14F7NS/c1-6-4-8(5-7(2)9(6)19)20(15,16,17,18)11(3,14)10(12)13/h4-5,10H,19H2,1-3H3. The third-order valence-electron chi connectivity index (χ3n) is 3.23. The van der Waals surface area contributed by atoms with Gasteiger partial charge in [0.1, 0.15) is 0 Å². The molecule has 0 aliphatic heterocycles. The van der Waals surface area contributed by atoms with Crippen molar-refractivity contribution >= 4 is 15.5 Å². The highest BCUT2D eigenvalue weighted by atomic mass is 32.5. The number of nitrogens with two attached hydrogens (primary N) is 1. The quantitative estimate of drug-likeness (QED) is 0.567. The Morgan fingerprint density at radius 2 is 1.40 bits per heavy atom. The summed E-state index contributed by atoms with van der Waals surface area (Å²) in [5.74, 6) is 0. The minimum atomic E-state index is -9.87. The second-order valence-electron chi connectivity index (χ2n) is 4.83. The van der Waals surface area contributed by atoms with Crippen molar-refractivity contribution in [3.63, 3.8) is 0 Å². The predicted molar refractivity (Wildman–Crippen MR) is 66.1 cm³/mol. The van der Waals surface area contributed by atoms with Crippen LogP contribution in [-0.2, 0) is 0 Å². The Morgan fingerprint density at radius 3 is 1.70 bits per heavy atom. The van der Waals surface area contributed by atoms with E-state index in [2.05, 4.69) is 0 Å². The van der Waals surface area contributed by atoms with Gasteiger partial charge in [0.15, 0.2) is 0 Å². The van der Waals surface area contributed by atoms with Crippen LogP contribution < -0.4 is 5.73 Å². The summed E-state index contributed by atoms with van der Waals surface area (Å²) in [6.07, 6.45) is -4.55. The molecule has 20 heavy (non-hydrogen) atoms. The van der Waals surface area contributed by atoms with E-state index in [9.17, 15) is 28.7 Å². The van der Waals surface area contributed by atoms with Gasteiger partial charge in [0, 0.05) is 5.69 Å². The molecule has 1 aromatic rings. The number of rotatable bonds is 3. The Hall–Kier alpha value is -1.12. The van der Waals surface area contributed by atoms with Gasteiger partial charge in [0.25, 0.3) is 11.4 Å². The molecule has 1 rings (SSSR count). The van der Waals surface area contributed by atoms with Crippen LogP contribution in [0.2, 0.25) is 0 Å². The first-order valence-corrected chi connectivity index (χ1v) is 7.43. The molecule has 1 atom stereocenters. The zero-order valence-corrected chi connectivity index (χ0v) is 11.7. The summed E-state index contributed by atoms with van der Waals surface area (Å²) in [5.41, 5.74) is 5.06. The predicted octanol–water partition coefficient (Wildman–Crippen LogP) is 5.61. The Bertz CT molecular complexity index is 538. The van der Waals surface area contributed by atoms with Crippen molar-refractivity contribution in [2.45, 2.75) is 37.1 Å². The van der Waals surface area contributed by atoms with Crippen molar-refractivity contribution in [2.24, 2.45) is 0 Å². The van der Waals surface area contributed by atoms with Gasteiger partial charge in [-0.05, 0) is 44.0 Å². The highest BCUT2D eigenvalue weighted by Gasteiger charge is 2.82. The van der Waals surface area contributed by atoms with Gasteiger partial charge >= 0.3 is 0 Å². The van der Waals surface area contributed by atoms with Gasteiger partial charge in [-0.1, -0.05) is 0 Å². The zero-order valence-electron chi connectivity index (χ0n) is 10.9. The molecule has 1 nitrogen and oxygen atoms in total. The van der Waals surface area contributed by atoms with Crippen LogP contribution in [0.4, 0.5) is 34.4 Å². The topological polar surface area (TPSA) is 26.0 Å². The molecule has 0 saturated carbocycles. The minimum absolute atomic E-state index is 0.0419. The van der Waals surface area contributed by atoms with E-state index >= 15 is 0 Å². The van der Waals surface area contributed by atoms with E-state index in [-0.39, 0.29) is 28.9 Å². The molecule has 0 saturated heterocycles. The largest absolute Gasteiger partial charge is 0.398 e. The lowest BCUT2D eigenvalue weighted by molar-refractivity contribution is 0.0132. The van der Waals surface area contributed by atoms with Gasteiger partial charge in [-0.25, -0.2) is 13.2 Å². The Kier molecular flexibility index (Phi) is 3.17. The van der Waals surface area contributed by atoms with Gasteiger partial charge in [-0.2, -0.15) is 0 Å². The molecule has 2 N–H and O–H groups in total. The van der Waals surface area contributed by atoms with Crippen LogP contribution in [0.25, 0.3) is 0 Å². The maximum absolute atomic E-state index is 13.9. The maximum atomic E-state index is 13.9. The summed E-state index contributed by atoms with van der Waals surface area (Å²) in [6.45, 7) is 1.81. The van der Waals surface area contributed by atoms with Crippen LogP contribution in [0.1, 0.15) is 18.1 Å². The van der Waals surface area contributed by atoms with Crippen LogP contribution in [0.15, 0.2) is 17.0 Å². The van der Waals surface area contributed by atoms with E-state index in [0.717, 1.165) is 13.8 Å². The zero-order chi connectivity index (χ0) is 16.2. The van der Waals surface area contributed by atoms with Crippen molar-refractivity contribution in [1.82, 2.24) is 0 Å². The lowest BCUT2D eigenvalue weighted by Crippen LogP contribution is -2.44. The third-order valence-corrected chi connectivity index (χ3v) is 6.20. The molecule has 1 aromatic carbocycles.